The van der Waals surface area contributed by atoms with E-state index in [1.165, 1.54) is 0 Å². The molecule has 0 unspecified atom stereocenters. The van der Waals surface area contributed by atoms with E-state index in [2.05, 4.69) is 26.9 Å². The molecule has 0 aliphatic carbocycles. The Morgan fingerprint density at radius 2 is 2.35 bits per heavy atom. The molecule has 2 aromatic rings. The van der Waals surface area contributed by atoms with Crippen LogP contribution in [-0.4, -0.2) is 42.5 Å². The van der Waals surface area contributed by atoms with E-state index in [-0.39, 0.29) is 5.91 Å². The van der Waals surface area contributed by atoms with E-state index in [0.717, 1.165) is 36.0 Å². The summed E-state index contributed by atoms with van der Waals surface area (Å²) in [5.41, 5.74) is 1.10. The van der Waals surface area contributed by atoms with Crippen LogP contribution < -0.4 is 15.5 Å². The number of carbonyl (C=O) groups excluding carboxylic acids is 1. The second-order valence-electron chi connectivity index (χ2n) is 4.64. The summed E-state index contributed by atoms with van der Waals surface area (Å²) in [6.07, 6.45) is 3.11. The Morgan fingerprint density at radius 3 is 3.05 bits per heavy atom. The van der Waals surface area contributed by atoms with E-state index in [1.54, 1.807) is 18.4 Å². The largest absolute Gasteiger partial charge is 0.358 e. The van der Waals surface area contributed by atoms with E-state index in [4.69, 9.17) is 0 Å². The fourth-order valence-corrected chi connectivity index (χ4v) is 2.77. The normalized spacial score (nSPS) is 10.9. The van der Waals surface area contributed by atoms with Crippen LogP contribution in [0.25, 0.3) is 4.96 Å². The zero-order valence-corrected chi connectivity index (χ0v) is 13.0. The van der Waals surface area contributed by atoms with Gasteiger partial charge in [-0.15, -0.1) is 11.3 Å². The van der Waals surface area contributed by atoms with Crippen molar-refractivity contribution in [2.45, 2.75) is 19.9 Å². The molecule has 0 saturated carbocycles. The summed E-state index contributed by atoms with van der Waals surface area (Å²) < 4.78 is 2.09. The maximum atomic E-state index is 11.5. The molecule has 7 heteroatoms. The van der Waals surface area contributed by atoms with Gasteiger partial charge in [-0.25, -0.2) is 4.98 Å². The van der Waals surface area contributed by atoms with Gasteiger partial charge < -0.3 is 15.5 Å². The highest BCUT2D eigenvalue weighted by Crippen LogP contribution is 2.23. The lowest BCUT2D eigenvalue weighted by Crippen LogP contribution is -2.34. The first-order valence-corrected chi connectivity index (χ1v) is 7.62. The number of hydrogen-bond donors (Lipinski definition) is 2. The zero-order chi connectivity index (χ0) is 14.5. The van der Waals surface area contributed by atoms with Crippen molar-refractivity contribution >= 4 is 28.0 Å². The van der Waals surface area contributed by atoms with Crippen molar-refractivity contribution in [3.63, 3.8) is 0 Å². The molecule has 2 rings (SSSR count). The number of fused-ring (bicyclic) bond motifs is 1. The Bertz CT molecular complexity index is 576. The Labute approximate surface area is 122 Å². The number of rotatable bonds is 7. The number of aromatic nitrogens is 2. The first-order chi connectivity index (χ1) is 9.67. The zero-order valence-electron chi connectivity index (χ0n) is 12.1. The highest BCUT2D eigenvalue weighted by molar-refractivity contribution is 7.15. The van der Waals surface area contributed by atoms with Crippen LogP contribution in [-0.2, 0) is 11.3 Å². The van der Waals surface area contributed by atoms with Crippen molar-refractivity contribution < 1.29 is 4.79 Å². The van der Waals surface area contributed by atoms with E-state index < -0.39 is 0 Å². The summed E-state index contributed by atoms with van der Waals surface area (Å²) in [7, 11) is 3.54. The smallest absolute Gasteiger partial charge is 0.239 e. The molecule has 0 spiro atoms. The minimum atomic E-state index is -0.0173. The molecule has 110 valence electrons. The predicted octanol–water partition coefficient (Wildman–Crippen LogP) is 1.08. The quantitative estimate of drug-likeness (QED) is 0.750. The number of imidazole rings is 1. The summed E-state index contributed by atoms with van der Waals surface area (Å²) in [6.45, 7) is 4.17. The Kier molecular flexibility index (Phi) is 4.97. The van der Waals surface area contributed by atoms with Crippen LogP contribution in [0.2, 0.25) is 0 Å². The van der Waals surface area contributed by atoms with Gasteiger partial charge in [0.2, 0.25) is 5.91 Å². The summed E-state index contributed by atoms with van der Waals surface area (Å²) in [4.78, 5) is 19.0. The average Bonchev–Trinajstić information content (AvgIpc) is 3.00. The molecular formula is C13H21N5OS. The van der Waals surface area contributed by atoms with Crippen LogP contribution in [0.1, 0.15) is 19.0 Å². The highest BCUT2D eigenvalue weighted by atomic mass is 32.1. The molecule has 2 aromatic heterocycles. The second kappa shape index (κ2) is 6.71. The molecule has 0 saturated heterocycles. The van der Waals surface area contributed by atoms with E-state index in [1.807, 2.05) is 23.5 Å². The minimum absolute atomic E-state index is 0.0173. The van der Waals surface area contributed by atoms with Gasteiger partial charge >= 0.3 is 0 Å². The molecule has 0 bridgehead atoms. The molecule has 0 radical (unpaired) electrons. The summed E-state index contributed by atoms with van der Waals surface area (Å²) >= 11 is 1.60. The topological polar surface area (TPSA) is 61.7 Å². The summed E-state index contributed by atoms with van der Waals surface area (Å²) in [6, 6.07) is 0. The number of thiazole rings is 1. The number of likely N-dealkylation sites (N-methyl/N-ethyl adjacent to an activating group) is 2. The maximum Gasteiger partial charge on any atom is 0.239 e. The molecule has 0 aromatic carbocycles. The Hall–Kier alpha value is -1.60. The van der Waals surface area contributed by atoms with E-state index in [9.17, 15) is 4.79 Å². The summed E-state index contributed by atoms with van der Waals surface area (Å²) in [5, 5.41) is 8.06. The third-order valence-corrected chi connectivity index (χ3v) is 3.84. The van der Waals surface area contributed by atoms with Crippen molar-refractivity contribution in [3.05, 3.63) is 17.3 Å². The molecule has 2 N–H and O–H groups in total. The van der Waals surface area contributed by atoms with Crippen LogP contribution >= 0.6 is 11.3 Å². The van der Waals surface area contributed by atoms with Crippen molar-refractivity contribution in [1.29, 1.82) is 0 Å². The van der Waals surface area contributed by atoms with Gasteiger partial charge in [0.1, 0.15) is 0 Å². The number of anilines is 1. The van der Waals surface area contributed by atoms with Gasteiger partial charge in [-0.3, -0.25) is 9.20 Å². The molecule has 6 nitrogen and oxygen atoms in total. The van der Waals surface area contributed by atoms with Gasteiger partial charge in [0.15, 0.2) is 10.8 Å². The SMILES string of the molecule is CCCNCc1c(N(C)CC(=O)NC)nc2sccn12. The van der Waals surface area contributed by atoms with Crippen molar-refractivity contribution in [3.8, 4) is 0 Å². The molecular weight excluding hydrogens is 274 g/mol. The van der Waals surface area contributed by atoms with E-state index in [0.29, 0.717) is 6.54 Å². The minimum Gasteiger partial charge on any atom is -0.358 e. The standard InChI is InChI=1S/C13H21N5OS/c1-4-5-15-8-10-12(17(3)9-11(19)14-2)16-13-18(10)6-7-20-13/h6-7,15H,4-5,8-9H2,1-3H3,(H,14,19). The molecule has 0 fully saturated rings. The third kappa shape index (κ3) is 3.10. The molecule has 2 heterocycles. The van der Waals surface area contributed by atoms with Crippen LogP contribution in [0.5, 0.6) is 0 Å². The number of nitrogens with one attached hydrogen (secondary N) is 2. The third-order valence-electron chi connectivity index (χ3n) is 3.08. The van der Waals surface area contributed by atoms with Crippen LogP contribution in [0, 0.1) is 0 Å². The lowest BCUT2D eigenvalue weighted by atomic mass is 10.3. The van der Waals surface area contributed by atoms with Gasteiger partial charge in [-0.2, -0.15) is 0 Å². The maximum absolute atomic E-state index is 11.5. The molecule has 0 aliphatic heterocycles. The van der Waals surface area contributed by atoms with Gasteiger partial charge in [0, 0.05) is 32.2 Å². The fraction of sp³-hybridized carbons (Fsp3) is 0.538. The number of hydrogen-bond acceptors (Lipinski definition) is 5. The van der Waals surface area contributed by atoms with Crippen molar-refractivity contribution in [1.82, 2.24) is 20.0 Å². The average molecular weight is 295 g/mol. The monoisotopic (exact) mass is 295 g/mol. The molecule has 1 amide bonds. The van der Waals surface area contributed by atoms with Gasteiger partial charge in [0.05, 0.1) is 12.2 Å². The Balaban J connectivity index is 2.23. The van der Waals surface area contributed by atoms with E-state index >= 15 is 0 Å². The summed E-state index contributed by atoms with van der Waals surface area (Å²) in [5.74, 6) is 0.848. The lowest BCUT2D eigenvalue weighted by molar-refractivity contribution is -0.119. The fourth-order valence-electron chi connectivity index (χ4n) is 2.04. The Morgan fingerprint density at radius 1 is 1.55 bits per heavy atom. The predicted molar refractivity (Wildman–Crippen MR) is 82.4 cm³/mol. The van der Waals surface area contributed by atoms with Crippen LogP contribution in [0.3, 0.4) is 0 Å². The number of nitrogens with zero attached hydrogens (tertiary/aromatic N) is 3. The number of carbonyl (C=O) groups is 1. The molecule has 0 aliphatic rings. The highest BCUT2D eigenvalue weighted by Gasteiger charge is 2.17. The lowest BCUT2D eigenvalue weighted by Gasteiger charge is -2.17. The number of amides is 1. The van der Waals surface area contributed by atoms with Gasteiger partial charge in [-0.05, 0) is 13.0 Å². The van der Waals surface area contributed by atoms with Crippen molar-refractivity contribution in [2.24, 2.45) is 0 Å². The first-order valence-electron chi connectivity index (χ1n) is 6.74. The van der Waals surface area contributed by atoms with Gasteiger partial charge in [-0.1, -0.05) is 6.92 Å². The second-order valence-corrected chi connectivity index (χ2v) is 5.52. The van der Waals surface area contributed by atoms with Crippen LogP contribution in [0.4, 0.5) is 5.82 Å². The van der Waals surface area contributed by atoms with Crippen molar-refractivity contribution in [2.75, 3.05) is 32.1 Å². The van der Waals surface area contributed by atoms with Crippen LogP contribution in [0.15, 0.2) is 11.6 Å². The molecule has 0 atom stereocenters. The molecule has 20 heavy (non-hydrogen) atoms. The first kappa shape index (κ1) is 14.8. The van der Waals surface area contributed by atoms with Gasteiger partial charge in [0.25, 0.3) is 0 Å².